The number of benzene rings is 3. The number of aryl methyl sites for hydroxylation is 1. The fourth-order valence-corrected chi connectivity index (χ4v) is 6.67. The summed E-state index contributed by atoms with van der Waals surface area (Å²) >= 11 is 4.88. The number of nitrogens with one attached hydrogen (secondary N) is 1. The summed E-state index contributed by atoms with van der Waals surface area (Å²) in [6.45, 7) is 3.82. The molecule has 0 spiro atoms. The number of halogens is 1. The van der Waals surface area contributed by atoms with Gasteiger partial charge in [0.25, 0.3) is 11.5 Å². The van der Waals surface area contributed by atoms with Gasteiger partial charge in [0.05, 0.1) is 29.0 Å². The quantitative estimate of drug-likeness (QED) is 0.239. The van der Waals surface area contributed by atoms with Crippen LogP contribution in [-0.4, -0.2) is 17.6 Å². The number of aromatic nitrogens is 1. The smallest absolute Gasteiger partial charge is 0.271 e. The van der Waals surface area contributed by atoms with Crippen molar-refractivity contribution in [1.29, 1.82) is 0 Å². The maximum absolute atomic E-state index is 14.0. The van der Waals surface area contributed by atoms with Crippen LogP contribution >= 0.6 is 27.3 Å². The summed E-state index contributed by atoms with van der Waals surface area (Å²) in [7, 11) is 1.60. The third-order valence-electron chi connectivity index (χ3n) is 7.02. The van der Waals surface area contributed by atoms with Crippen molar-refractivity contribution in [2.75, 3.05) is 12.4 Å². The van der Waals surface area contributed by atoms with Gasteiger partial charge in [0.15, 0.2) is 4.80 Å². The zero-order chi connectivity index (χ0) is 29.4. The van der Waals surface area contributed by atoms with Crippen LogP contribution in [0.3, 0.4) is 0 Å². The van der Waals surface area contributed by atoms with Gasteiger partial charge in [-0.1, -0.05) is 63.7 Å². The Kier molecular flexibility index (Phi) is 7.53. The van der Waals surface area contributed by atoms with E-state index in [1.165, 1.54) is 11.3 Å². The molecule has 7 nitrogen and oxygen atoms in total. The van der Waals surface area contributed by atoms with Gasteiger partial charge < -0.3 is 14.5 Å². The molecule has 0 saturated carbocycles. The highest BCUT2D eigenvalue weighted by atomic mass is 79.9. The van der Waals surface area contributed by atoms with Crippen LogP contribution in [0.25, 0.3) is 17.4 Å². The molecular formula is C33H26BrN3O4S. The molecule has 1 atom stereocenters. The van der Waals surface area contributed by atoms with E-state index < -0.39 is 6.04 Å². The first-order chi connectivity index (χ1) is 20.3. The predicted molar refractivity (Wildman–Crippen MR) is 168 cm³/mol. The monoisotopic (exact) mass is 639 g/mol. The summed E-state index contributed by atoms with van der Waals surface area (Å²) in [4.78, 5) is 32.9. The van der Waals surface area contributed by atoms with Crippen LogP contribution in [0.5, 0.6) is 5.75 Å². The van der Waals surface area contributed by atoms with E-state index in [1.54, 1.807) is 24.7 Å². The summed E-state index contributed by atoms with van der Waals surface area (Å²) in [5, 5.41) is 2.97. The van der Waals surface area contributed by atoms with E-state index in [2.05, 4.69) is 21.2 Å². The van der Waals surface area contributed by atoms with E-state index in [1.807, 2.05) is 91.9 Å². The lowest BCUT2D eigenvalue weighted by molar-refractivity contribution is -0.113. The molecule has 0 bridgehead atoms. The van der Waals surface area contributed by atoms with Crippen molar-refractivity contribution in [1.82, 2.24) is 4.57 Å². The zero-order valence-electron chi connectivity index (χ0n) is 23.1. The molecule has 6 rings (SSSR count). The van der Waals surface area contributed by atoms with Gasteiger partial charge in [-0.15, -0.1) is 0 Å². The Morgan fingerprint density at radius 1 is 1.05 bits per heavy atom. The minimum absolute atomic E-state index is 0.258. The molecule has 0 fully saturated rings. The first-order valence-corrected chi connectivity index (χ1v) is 14.8. The molecule has 0 saturated heterocycles. The molecule has 42 heavy (non-hydrogen) atoms. The van der Waals surface area contributed by atoms with Crippen LogP contribution in [0, 0.1) is 6.92 Å². The largest absolute Gasteiger partial charge is 0.497 e. The highest BCUT2D eigenvalue weighted by Gasteiger charge is 2.32. The van der Waals surface area contributed by atoms with E-state index >= 15 is 0 Å². The molecular weight excluding hydrogens is 614 g/mol. The van der Waals surface area contributed by atoms with Gasteiger partial charge in [-0.2, -0.15) is 0 Å². The number of carbonyl (C=O) groups is 1. The Bertz CT molecular complexity index is 2020. The van der Waals surface area contributed by atoms with Gasteiger partial charge in [0.2, 0.25) is 0 Å². The van der Waals surface area contributed by atoms with Crippen molar-refractivity contribution in [3.63, 3.8) is 0 Å². The fraction of sp³-hybridized carbons (Fsp3) is 0.121. The summed E-state index contributed by atoms with van der Waals surface area (Å²) in [5.74, 6) is 1.59. The van der Waals surface area contributed by atoms with Crippen molar-refractivity contribution in [2.45, 2.75) is 19.9 Å². The Hall–Kier alpha value is -4.47. The topological polar surface area (TPSA) is 85.8 Å². The standard InChI is InChI=1S/C33H26BrN3O4S/c1-19-9-15-25(26(34)17-19)27-16-14-24(41-27)18-28-32(39)37-30(21-10-12-23(40-3)13-11-21)29(20(2)35-33(37)42-28)31(38)36-22-7-5-4-6-8-22/h4-18,30H,1-3H3,(H,36,38)/b28-18+/t30-/m1/s1. The molecule has 1 N–H and O–H groups in total. The number of thiazole rings is 1. The average Bonchev–Trinajstić information content (AvgIpc) is 3.56. The molecule has 5 aromatic rings. The second-order valence-corrected chi connectivity index (χ2v) is 11.7. The number of hydrogen-bond acceptors (Lipinski definition) is 6. The van der Waals surface area contributed by atoms with E-state index in [0.29, 0.717) is 43.6 Å². The van der Waals surface area contributed by atoms with Gasteiger partial charge in [-0.05, 0) is 73.5 Å². The highest BCUT2D eigenvalue weighted by Crippen LogP contribution is 2.33. The van der Waals surface area contributed by atoms with Crippen LogP contribution in [0.4, 0.5) is 5.69 Å². The summed E-state index contributed by atoms with van der Waals surface area (Å²) in [6, 6.07) is 25.7. The molecule has 210 valence electrons. The van der Waals surface area contributed by atoms with Crippen molar-refractivity contribution in [2.24, 2.45) is 4.99 Å². The van der Waals surface area contributed by atoms with Gasteiger partial charge in [0.1, 0.15) is 17.3 Å². The predicted octanol–water partition coefficient (Wildman–Crippen LogP) is 6.21. The molecule has 3 aromatic carbocycles. The molecule has 9 heteroatoms. The lowest BCUT2D eigenvalue weighted by Crippen LogP contribution is -2.40. The number of hydrogen-bond donors (Lipinski definition) is 1. The molecule has 0 radical (unpaired) electrons. The minimum Gasteiger partial charge on any atom is -0.497 e. The number of fused-ring (bicyclic) bond motifs is 1. The Morgan fingerprint density at radius 2 is 1.81 bits per heavy atom. The first-order valence-electron chi connectivity index (χ1n) is 13.2. The molecule has 1 aliphatic heterocycles. The lowest BCUT2D eigenvalue weighted by Gasteiger charge is -2.25. The normalized spacial score (nSPS) is 14.9. The van der Waals surface area contributed by atoms with Crippen molar-refractivity contribution in [3.05, 3.63) is 137 Å². The van der Waals surface area contributed by atoms with Gasteiger partial charge in [-0.25, -0.2) is 4.99 Å². The van der Waals surface area contributed by atoms with Crippen LogP contribution in [-0.2, 0) is 4.79 Å². The SMILES string of the molecule is COc1ccc([C@@H]2C(C(=O)Nc3ccccc3)=C(C)N=c3s/c(=C/c4ccc(-c5ccc(C)cc5Br)o4)c(=O)n32)cc1. The summed E-state index contributed by atoms with van der Waals surface area (Å²) in [6.07, 6.45) is 1.73. The molecule has 0 unspecified atom stereocenters. The summed E-state index contributed by atoms with van der Waals surface area (Å²) < 4.78 is 14.4. The maximum atomic E-state index is 14.0. The van der Waals surface area contributed by atoms with E-state index in [4.69, 9.17) is 14.1 Å². The maximum Gasteiger partial charge on any atom is 0.271 e. The molecule has 0 aliphatic carbocycles. The van der Waals surface area contributed by atoms with E-state index in [-0.39, 0.29) is 11.5 Å². The second-order valence-electron chi connectivity index (χ2n) is 9.86. The van der Waals surface area contributed by atoms with Gasteiger partial charge in [0, 0.05) is 21.8 Å². The van der Waals surface area contributed by atoms with Crippen LogP contribution in [0.2, 0.25) is 0 Å². The molecule has 1 amide bonds. The number of para-hydroxylation sites is 1. The first kappa shape index (κ1) is 27.7. The number of allylic oxidation sites excluding steroid dienone is 1. The highest BCUT2D eigenvalue weighted by molar-refractivity contribution is 9.10. The zero-order valence-corrected chi connectivity index (χ0v) is 25.5. The van der Waals surface area contributed by atoms with Gasteiger partial charge >= 0.3 is 0 Å². The average molecular weight is 641 g/mol. The Labute approximate surface area is 254 Å². The van der Waals surface area contributed by atoms with Crippen molar-refractivity contribution >= 4 is 44.9 Å². The lowest BCUT2D eigenvalue weighted by atomic mass is 9.95. The number of methoxy groups -OCH3 is 1. The van der Waals surface area contributed by atoms with Crippen molar-refractivity contribution in [3.8, 4) is 17.1 Å². The minimum atomic E-state index is -0.686. The summed E-state index contributed by atoms with van der Waals surface area (Å²) in [5.41, 5.74) is 4.16. The third kappa shape index (κ3) is 5.29. The van der Waals surface area contributed by atoms with Crippen molar-refractivity contribution < 1.29 is 13.9 Å². The molecule has 3 heterocycles. The van der Waals surface area contributed by atoms with E-state index in [9.17, 15) is 9.59 Å². The number of carbonyl (C=O) groups excluding carboxylic acids is 1. The Morgan fingerprint density at radius 3 is 2.52 bits per heavy atom. The van der Waals surface area contributed by atoms with Gasteiger partial charge in [-0.3, -0.25) is 14.2 Å². The van der Waals surface area contributed by atoms with Crippen LogP contribution < -0.4 is 24.9 Å². The number of amides is 1. The number of nitrogens with zero attached hydrogens (tertiary/aromatic N) is 2. The second kappa shape index (κ2) is 11.4. The fourth-order valence-electron chi connectivity index (χ4n) is 4.96. The molecule has 2 aromatic heterocycles. The van der Waals surface area contributed by atoms with Crippen LogP contribution in [0.1, 0.15) is 29.9 Å². The number of furan rings is 1. The van der Waals surface area contributed by atoms with E-state index in [0.717, 1.165) is 21.2 Å². The number of ether oxygens (including phenoxy) is 1. The Balaban J connectivity index is 1.45. The number of rotatable bonds is 6. The van der Waals surface area contributed by atoms with Crippen LogP contribution in [0.15, 0.2) is 115 Å². The third-order valence-corrected chi connectivity index (χ3v) is 8.66. The number of anilines is 1. The molecule has 1 aliphatic rings.